The summed E-state index contributed by atoms with van der Waals surface area (Å²) in [6.45, 7) is 3.91. The van der Waals surface area contributed by atoms with E-state index >= 15 is 0 Å². The van der Waals surface area contributed by atoms with Gasteiger partial charge in [-0.2, -0.15) is 5.10 Å². The highest BCUT2D eigenvalue weighted by atomic mass is 35.5. The van der Waals surface area contributed by atoms with Gasteiger partial charge >= 0.3 is 5.97 Å². The van der Waals surface area contributed by atoms with Crippen molar-refractivity contribution < 1.29 is 29.0 Å². The quantitative estimate of drug-likeness (QED) is 0.182. The van der Waals surface area contributed by atoms with E-state index in [9.17, 15) is 19.5 Å². The first kappa shape index (κ1) is 31.9. The van der Waals surface area contributed by atoms with Gasteiger partial charge in [-0.1, -0.05) is 41.9 Å². The number of carbonyl (C=O) groups excluding carboxylic acids is 2. The van der Waals surface area contributed by atoms with E-state index < -0.39 is 11.5 Å². The fourth-order valence-corrected chi connectivity index (χ4v) is 7.01. The van der Waals surface area contributed by atoms with Gasteiger partial charge in [0.05, 0.1) is 44.5 Å². The molecule has 2 amide bonds. The molecule has 3 heterocycles. The summed E-state index contributed by atoms with van der Waals surface area (Å²) in [6.07, 6.45) is 5.73. The second-order valence-corrected chi connectivity index (χ2v) is 13.5. The molecule has 1 saturated heterocycles. The Morgan fingerprint density at radius 1 is 1.12 bits per heavy atom. The molecule has 3 aliphatic rings. The lowest BCUT2D eigenvalue weighted by Crippen LogP contribution is -2.63. The predicted octanol–water partition coefficient (Wildman–Crippen LogP) is 5.84. The van der Waals surface area contributed by atoms with E-state index in [1.807, 2.05) is 71.4 Å². The summed E-state index contributed by atoms with van der Waals surface area (Å²) in [5.74, 6) is 0.414. The molecule has 4 aromatic rings. The number of carboxylic acid groups (broad SMARTS) is 1. The smallest absolute Gasteiger partial charge is 0.305 e. The van der Waals surface area contributed by atoms with Crippen molar-refractivity contribution in [2.75, 3.05) is 31.3 Å². The van der Waals surface area contributed by atoms with Crippen molar-refractivity contribution in [1.82, 2.24) is 15.1 Å². The minimum Gasteiger partial charge on any atom is -0.493 e. The van der Waals surface area contributed by atoms with Crippen LogP contribution < -0.4 is 15.0 Å². The molecule has 0 spiro atoms. The molecule has 248 valence electrons. The van der Waals surface area contributed by atoms with Gasteiger partial charge in [-0.3, -0.25) is 19.1 Å². The highest BCUT2D eigenvalue weighted by Crippen LogP contribution is 2.57. The molecule has 7 rings (SSSR count). The number of carboxylic acids is 1. The number of nitrogens with one attached hydrogen (secondary N) is 1. The zero-order valence-electron chi connectivity index (χ0n) is 26.7. The summed E-state index contributed by atoms with van der Waals surface area (Å²) < 4.78 is 13.0. The van der Waals surface area contributed by atoms with Gasteiger partial charge in [0, 0.05) is 46.6 Å². The Bertz CT molecular complexity index is 1890. The lowest BCUT2D eigenvalue weighted by Gasteiger charge is -2.40. The van der Waals surface area contributed by atoms with Gasteiger partial charge in [0.2, 0.25) is 5.91 Å². The summed E-state index contributed by atoms with van der Waals surface area (Å²) >= 11 is 6.21. The molecule has 0 bridgehead atoms. The van der Waals surface area contributed by atoms with Crippen LogP contribution in [-0.4, -0.2) is 64.6 Å². The normalized spacial score (nSPS) is 18.7. The predicted molar refractivity (Wildman–Crippen MR) is 181 cm³/mol. The van der Waals surface area contributed by atoms with Crippen molar-refractivity contribution in [2.24, 2.45) is 5.92 Å². The third-order valence-corrected chi connectivity index (χ3v) is 9.91. The topological polar surface area (TPSA) is 123 Å². The number of aromatic nitrogens is 2. The van der Waals surface area contributed by atoms with Gasteiger partial charge in [0.1, 0.15) is 5.75 Å². The Morgan fingerprint density at radius 3 is 2.73 bits per heavy atom. The zero-order chi connectivity index (χ0) is 33.4. The van der Waals surface area contributed by atoms with E-state index in [2.05, 4.69) is 16.5 Å². The van der Waals surface area contributed by atoms with Crippen LogP contribution in [0, 0.1) is 12.8 Å². The number of nitrogens with zero attached hydrogens (tertiary/aromatic N) is 3. The molecule has 10 nitrogen and oxygen atoms in total. The van der Waals surface area contributed by atoms with Crippen molar-refractivity contribution in [3.63, 3.8) is 0 Å². The molecule has 2 atom stereocenters. The molecule has 2 aliphatic heterocycles. The van der Waals surface area contributed by atoms with Crippen LogP contribution in [0.4, 0.5) is 5.69 Å². The Labute approximate surface area is 283 Å². The first-order chi connectivity index (χ1) is 23.2. The standard InChI is InChI=1S/C37H37ClN4O6/c1-23-30(38)9-4-11-32(23)48-13-5-12-33(43)42-20-26-15-29(26)35-28(8-3-10-31(35)42)27-17-39-41(19-27)18-24-6-2-7-25(14-24)36(46)40-37(16-34(44)45)21-47-22-37/h2-4,6-11,14,17,19,26,29H,5,12-13,15-16,18,20-22H2,1H3,(H,40,46)(H,44,45)/t26-,29-/m0/s1. The van der Waals surface area contributed by atoms with E-state index in [4.69, 9.17) is 21.1 Å². The number of rotatable bonds is 12. The molecule has 0 radical (unpaired) electrons. The second-order valence-electron chi connectivity index (χ2n) is 13.1. The molecule has 2 N–H and O–H groups in total. The van der Waals surface area contributed by atoms with E-state index in [-0.39, 0.29) is 31.4 Å². The van der Waals surface area contributed by atoms with Crippen molar-refractivity contribution in [2.45, 2.75) is 50.6 Å². The van der Waals surface area contributed by atoms with Crippen LogP contribution in [0.25, 0.3) is 11.1 Å². The summed E-state index contributed by atoms with van der Waals surface area (Å²) in [4.78, 5) is 39.8. The molecule has 3 aromatic carbocycles. The molecule has 0 unspecified atom stereocenters. The molecule has 1 saturated carbocycles. The fraction of sp³-hybridized carbons (Fsp3) is 0.351. The Morgan fingerprint density at radius 2 is 1.94 bits per heavy atom. The van der Waals surface area contributed by atoms with Crippen LogP contribution in [0.2, 0.25) is 5.02 Å². The summed E-state index contributed by atoms with van der Waals surface area (Å²) in [5, 5.41) is 17.4. The fourth-order valence-electron chi connectivity index (χ4n) is 6.84. The number of hydrogen-bond acceptors (Lipinski definition) is 6. The van der Waals surface area contributed by atoms with Gasteiger partial charge in [-0.15, -0.1) is 0 Å². The number of fused-ring (bicyclic) bond motifs is 3. The van der Waals surface area contributed by atoms with E-state index in [0.29, 0.717) is 48.4 Å². The largest absolute Gasteiger partial charge is 0.493 e. The number of halogens is 1. The second kappa shape index (κ2) is 13.1. The van der Waals surface area contributed by atoms with Crippen LogP contribution in [0.5, 0.6) is 5.75 Å². The number of aliphatic carboxylic acids is 1. The maximum Gasteiger partial charge on any atom is 0.305 e. The average molecular weight is 669 g/mol. The monoisotopic (exact) mass is 668 g/mol. The molecule has 1 aromatic heterocycles. The van der Waals surface area contributed by atoms with Crippen LogP contribution in [0.15, 0.2) is 73.1 Å². The zero-order valence-corrected chi connectivity index (χ0v) is 27.4. The minimum atomic E-state index is -0.982. The van der Waals surface area contributed by atoms with Gasteiger partial charge in [-0.25, -0.2) is 0 Å². The number of carbonyl (C=O) groups is 3. The maximum absolute atomic E-state index is 13.5. The van der Waals surface area contributed by atoms with Gasteiger partial charge in [-0.05, 0) is 78.6 Å². The molecular weight excluding hydrogens is 632 g/mol. The van der Waals surface area contributed by atoms with E-state index in [1.165, 1.54) is 5.56 Å². The lowest BCUT2D eigenvalue weighted by atomic mass is 9.92. The van der Waals surface area contributed by atoms with E-state index in [0.717, 1.165) is 46.7 Å². The average Bonchev–Trinajstić information content (AvgIpc) is 3.71. The van der Waals surface area contributed by atoms with Crippen molar-refractivity contribution in [1.29, 1.82) is 0 Å². The van der Waals surface area contributed by atoms with Crippen LogP contribution in [0.1, 0.15) is 58.6 Å². The van der Waals surface area contributed by atoms with Gasteiger partial charge in [0.25, 0.3) is 5.91 Å². The van der Waals surface area contributed by atoms with Crippen molar-refractivity contribution in [3.8, 4) is 16.9 Å². The molecule has 2 fully saturated rings. The molecule has 1 aliphatic carbocycles. The molecular formula is C37H37ClN4O6. The number of hydrogen-bond donors (Lipinski definition) is 2. The highest BCUT2D eigenvalue weighted by Gasteiger charge is 2.47. The third-order valence-electron chi connectivity index (χ3n) is 9.50. The number of benzene rings is 3. The van der Waals surface area contributed by atoms with Crippen LogP contribution in [0.3, 0.4) is 0 Å². The van der Waals surface area contributed by atoms with Crippen molar-refractivity contribution in [3.05, 3.63) is 100 Å². The lowest BCUT2D eigenvalue weighted by molar-refractivity contribution is -0.145. The Balaban J connectivity index is 1.02. The number of ether oxygens (including phenoxy) is 2. The third kappa shape index (κ3) is 6.55. The first-order valence-electron chi connectivity index (χ1n) is 16.2. The molecule has 48 heavy (non-hydrogen) atoms. The van der Waals surface area contributed by atoms with E-state index in [1.54, 1.807) is 12.1 Å². The SMILES string of the molecule is Cc1c(Cl)cccc1OCCCC(=O)N1C[C@@H]2C[C@@H]2c2c(-c3cnn(Cc4cccc(C(=O)NC5(CC(=O)O)COC5)c4)c3)cccc21. The Hall–Kier alpha value is -4.67. The highest BCUT2D eigenvalue weighted by molar-refractivity contribution is 6.31. The summed E-state index contributed by atoms with van der Waals surface area (Å²) in [5.41, 5.74) is 5.61. The Kier molecular flexibility index (Phi) is 8.70. The number of amides is 2. The first-order valence-corrected chi connectivity index (χ1v) is 16.6. The van der Waals surface area contributed by atoms with Crippen LogP contribution in [-0.2, 0) is 20.9 Å². The summed E-state index contributed by atoms with van der Waals surface area (Å²) in [6, 6.07) is 19.0. The maximum atomic E-state index is 13.5. The van der Waals surface area contributed by atoms with Gasteiger partial charge < -0.3 is 24.8 Å². The van der Waals surface area contributed by atoms with Gasteiger partial charge in [0.15, 0.2) is 0 Å². The summed E-state index contributed by atoms with van der Waals surface area (Å²) in [7, 11) is 0. The van der Waals surface area contributed by atoms with Crippen LogP contribution >= 0.6 is 11.6 Å². The van der Waals surface area contributed by atoms with Crippen molar-refractivity contribution >= 4 is 35.1 Å². The molecule has 11 heteroatoms. The number of anilines is 1. The minimum absolute atomic E-state index is 0.100.